The number of hydrogen-bond donors (Lipinski definition) is 1. The number of amides is 2. The van der Waals surface area contributed by atoms with Crippen LogP contribution in [0.3, 0.4) is 0 Å². The molecule has 0 saturated carbocycles. The maximum absolute atomic E-state index is 14.3. The quantitative estimate of drug-likeness (QED) is 0.300. The van der Waals surface area contributed by atoms with E-state index >= 15 is 0 Å². The topological polar surface area (TPSA) is 114 Å². The minimum atomic E-state index is -4.28. The van der Waals surface area contributed by atoms with E-state index in [2.05, 4.69) is 5.32 Å². The average Bonchev–Trinajstić information content (AvgIpc) is 2.98. The van der Waals surface area contributed by atoms with E-state index in [9.17, 15) is 18.0 Å². The Morgan fingerprint density at radius 3 is 2.09 bits per heavy atom. The van der Waals surface area contributed by atoms with E-state index in [1.165, 1.54) is 43.4 Å². The zero-order valence-corrected chi connectivity index (χ0v) is 26.6. The molecule has 0 saturated heterocycles. The normalized spacial score (nSPS) is 12.2. The van der Waals surface area contributed by atoms with Gasteiger partial charge in [0, 0.05) is 12.1 Å². The molecule has 232 valence electrons. The second-order valence-corrected chi connectivity index (χ2v) is 12.8. The molecule has 10 nitrogen and oxygen atoms in total. The van der Waals surface area contributed by atoms with E-state index in [4.69, 9.17) is 14.2 Å². The number of nitrogens with zero attached hydrogens (tertiary/aromatic N) is 2. The summed E-state index contributed by atoms with van der Waals surface area (Å²) in [6.45, 7) is 6.85. The van der Waals surface area contributed by atoms with E-state index in [0.29, 0.717) is 17.9 Å². The highest BCUT2D eigenvalue weighted by atomic mass is 32.2. The first-order valence-corrected chi connectivity index (χ1v) is 15.3. The first kappa shape index (κ1) is 33.3. The Hall–Kier alpha value is -4.25. The van der Waals surface area contributed by atoms with Crippen molar-refractivity contribution in [3.63, 3.8) is 0 Å². The van der Waals surface area contributed by atoms with Crippen molar-refractivity contribution < 1.29 is 32.2 Å². The molecular formula is C32H41N3O7S. The van der Waals surface area contributed by atoms with Gasteiger partial charge < -0.3 is 24.4 Å². The monoisotopic (exact) mass is 611 g/mol. The first-order chi connectivity index (χ1) is 20.3. The zero-order valence-electron chi connectivity index (χ0n) is 25.8. The van der Waals surface area contributed by atoms with E-state index < -0.39 is 34.1 Å². The number of anilines is 1. The molecule has 1 unspecified atom stereocenters. The van der Waals surface area contributed by atoms with Crippen LogP contribution < -0.4 is 23.8 Å². The van der Waals surface area contributed by atoms with Crippen LogP contribution in [0.5, 0.6) is 17.2 Å². The summed E-state index contributed by atoms with van der Waals surface area (Å²) in [6, 6.07) is 18.8. The zero-order chi connectivity index (χ0) is 31.8. The third-order valence-electron chi connectivity index (χ3n) is 6.65. The van der Waals surface area contributed by atoms with E-state index in [1.807, 2.05) is 33.8 Å². The van der Waals surface area contributed by atoms with Crippen LogP contribution in [0.2, 0.25) is 0 Å². The fourth-order valence-corrected chi connectivity index (χ4v) is 5.99. The van der Waals surface area contributed by atoms with Crippen LogP contribution in [0.25, 0.3) is 0 Å². The van der Waals surface area contributed by atoms with Gasteiger partial charge in [0.05, 0.1) is 31.9 Å². The van der Waals surface area contributed by atoms with Crippen LogP contribution in [-0.4, -0.2) is 64.6 Å². The smallest absolute Gasteiger partial charge is 0.264 e. The summed E-state index contributed by atoms with van der Waals surface area (Å²) < 4.78 is 45.3. The highest BCUT2D eigenvalue weighted by molar-refractivity contribution is 7.92. The molecule has 1 N–H and O–H groups in total. The average molecular weight is 612 g/mol. The molecule has 0 aliphatic rings. The van der Waals surface area contributed by atoms with Crippen molar-refractivity contribution in [1.82, 2.24) is 10.2 Å². The van der Waals surface area contributed by atoms with Crippen LogP contribution in [0.4, 0.5) is 5.69 Å². The SMILES string of the molecule is CCC(C(=O)NC(C)(C)C)N(Cc1cccc(OC)c1)C(=O)CN(c1ccccc1OC)S(=O)(=O)c1ccc(OC)cc1. The lowest BCUT2D eigenvalue weighted by atomic mass is 10.1. The molecule has 0 bridgehead atoms. The van der Waals surface area contributed by atoms with Gasteiger partial charge in [0.15, 0.2) is 0 Å². The predicted molar refractivity (Wildman–Crippen MR) is 166 cm³/mol. The molecule has 0 aliphatic carbocycles. The summed E-state index contributed by atoms with van der Waals surface area (Å²) in [7, 11) is 0.184. The number of nitrogens with one attached hydrogen (secondary N) is 1. The first-order valence-electron chi connectivity index (χ1n) is 13.9. The van der Waals surface area contributed by atoms with Gasteiger partial charge in [-0.25, -0.2) is 8.42 Å². The number of carbonyl (C=O) groups excluding carboxylic acids is 2. The summed E-state index contributed by atoms with van der Waals surface area (Å²) in [5, 5.41) is 2.96. The van der Waals surface area contributed by atoms with Crippen molar-refractivity contribution in [2.75, 3.05) is 32.2 Å². The van der Waals surface area contributed by atoms with Crippen molar-refractivity contribution in [2.45, 2.75) is 57.1 Å². The Morgan fingerprint density at radius 2 is 1.51 bits per heavy atom. The van der Waals surface area contributed by atoms with Crippen molar-refractivity contribution in [2.24, 2.45) is 0 Å². The number of rotatable bonds is 13. The van der Waals surface area contributed by atoms with E-state index in [0.717, 1.165) is 9.87 Å². The molecule has 0 spiro atoms. The number of hydrogen-bond acceptors (Lipinski definition) is 7. The van der Waals surface area contributed by atoms with E-state index in [1.54, 1.807) is 49.6 Å². The number of methoxy groups -OCH3 is 3. The molecule has 0 radical (unpaired) electrons. The summed E-state index contributed by atoms with van der Waals surface area (Å²) in [6.07, 6.45) is 0.303. The molecule has 1 atom stereocenters. The lowest BCUT2D eigenvalue weighted by molar-refractivity contribution is -0.141. The summed E-state index contributed by atoms with van der Waals surface area (Å²) in [4.78, 5) is 29.2. The van der Waals surface area contributed by atoms with Gasteiger partial charge in [0.1, 0.15) is 29.8 Å². The Kier molecular flexibility index (Phi) is 11.0. The standard InChI is InChI=1S/C32H41N3O7S/c1-8-27(31(37)33-32(2,3)4)34(21-23-12-11-13-25(20-23)41-6)30(36)22-35(28-14-9-10-15-29(28)42-7)43(38,39)26-18-16-24(40-5)17-19-26/h9-20,27H,8,21-22H2,1-7H3,(H,33,37). The third kappa shape index (κ3) is 8.41. The molecule has 2 amide bonds. The van der Waals surface area contributed by atoms with Gasteiger partial charge in [-0.15, -0.1) is 0 Å². The molecule has 0 aliphatic heterocycles. The Morgan fingerprint density at radius 1 is 0.860 bits per heavy atom. The number of sulfonamides is 1. The van der Waals surface area contributed by atoms with Gasteiger partial charge in [-0.2, -0.15) is 0 Å². The lowest BCUT2D eigenvalue weighted by Crippen LogP contribution is -2.55. The number of benzene rings is 3. The molecule has 0 aromatic heterocycles. The highest BCUT2D eigenvalue weighted by Gasteiger charge is 2.35. The third-order valence-corrected chi connectivity index (χ3v) is 8.43. The van der Waals surface area contributed by atoms with Gasteiger partial charge in [-0.05, 0) is 81.3 Å². The molecule has 0 fully saturated rings. The van der Waals surface area contributed by atoms with Crippen molar-refractivity contribution >= 4 is 27.5 Å². The maximum Gasteiger partial charge on any atom is 0.264 e. The van der Waals surface area contributed by atoms with Gasteiger partial charge in [-0.3, -0.25) is 13.9 Å². The molecule has 43 heavy (non-hydrogen) atoms. The van der Waals surface area contributed by atoms with Gasteiger partial charge in [-0.1, -0.05) is 31.2 Å². The van der Waals surface area contributed by atoms with Crippen LogP contribution in [0.1, 0.15) is 39.7 Å². The van der Waals surface area contributed by atoms with Crippen LogP contribution in [0, 0.1) is 0 Å². The fraction of sp³-hybridized carbons (Fsp3) is 0.375. The largest absolute Gasteiger partial charge is 0.497 e. The van der Waals surface area contributed by atoms with Gasteiger partial charge in [0.25, 0.3) is 10.0 Å². The molecule has 11 heteroatoms. The summed E-state index contributed by atoms with van der Waals surface area (Å²) in [5.74, 6) is 0.438. The van der Waals surface area contributed by atoms with Crippen molar-refractivity contribution in [1.29, 1.82) is 0 Å². The Bertz CT molecular complexity index is 1500. The number of para-hydroxylation sites is 2. The van der Waals surface area contributed by atoms with Gasteiger partial charge in [0.2, 0.25) is 11.8 Å². The minimum absolute atomic E-state index is 0.0381. The maximum atomic E-state index is 14.3. The Labute approximate surface area is 254 Å². The summed E-state index contributed by atoms with van der Waals surface area (Å²) >= 11 is 0. The molecule has 3 aromatic rings. The minimum Gasteiger partial charge on any atom is -0.497 e. The number of carbonyl (C=O) groups is 2. The van der Waals surface area contributed by atoms with E-state index in [-0.39, 0.29) is 28.8 Å². The van der Waals surface area contributed by atoms with Crippen LogP contribution in [-0.2, 0) is 26.2 Å². The molecular weight excluding hydrogens is 570 g/mol. The number of ether oxygens (including phenoxy) is 3. The second kappa shape index (κ2) is 14.3. The summed E-state index contributed by atoms with van der Waals surface area (Å²) in [5.41, 5.74) is 0.357. The van der Waals surface area contributed by atoms with Crippen molar-refractivity contribution in [3.8, 4) is 17.2 Å². The molecule has 0 heterocycles. The van der Waals surface area contributed by atoms with Gasteiger partial charge >= 0.3 is 0 Å². The molecule has 3 rings (SSSR count). The lowest BCUT2D eigenvalue weighted by Gasteiger charge is -2.35. The van der Waals surface area contributed by atoms with Crippen LogP contribution in [0.15, 0.2) is 77.7 Å². The second-order valence-electron chi connectivity index (χ2n) is 10.9. The predicted octanol–water partition coefficient (Wildman–Crippen LogP) is 4.63. The molecule has 3 aromatic carbocycles. The fourth-order valence-electron chi connectivity index (χ4n) is 4.56. The Balaban J connectivity index is 2.12. The van der Waals surface area contributed by atoms with Crippen molar-refractivity contribution in [3.05, 3.63) is 78.4 Å². The highest BCUT2D eigenvalue weighted by Crippen LogP contribution is 2.33. The van der Waals surface area contributed by atoms with Crippen LogP contribution >= 0.6 is 0 Å².